The highest BCUT2D eigenvalue weighted by molar-refractivity contribution is 7.99. The standard InChI is InChI=1S/C19H27FN2O3S/c1-19(2,3)25-18(24)21-15-8-11-22(12-9-15)17(23)10-13-26-16-6-4-14(20)5-7-16/h4-7,15H,8-13H2,1-3H3,(H,21,24). The molecule has 1 aliphatic rings. The van der Waals surface area contributed by atoms with Crippen LogP contribution in [0.5, 0.6) is 0 Å². The van der Waals surface area contributed by atoms with Crippen LogP contribution in [0.4, 0.5) is 9.18 Å². The molecule has 5 nitrogen and oxygen atoms in total. The van der Waals surface area contributed by atoms with Gasteiger partial charge in [-0.3, -0.25) is 4.79 Å². The zero-order chi connectivity index (χ0) is 19.2. The number of rotatable bonds is 5. The maximum absolute atomic E-state index is 12.9. The van der Waals surface area contributed by atoms with Crippen molar-refractivity contribution in [2.45, 2.75) is 56.6 Å². The number of alkyl carbamates (subject to hydrolysis) is 1. The highest BCUT2D eigenvalue weighted by atomic mass is 32.2. The third-order valence-corrected chi connectivity index (χ3v) is 4.98. The van der Waals surface area contributed by atoms with Crippen LogP contribution < -0.4 is 5.32 Å². The van der Waals surface area contributed by atoms with Gasteiger partial charge in [0.25, 0.3) is 0 Å². The second-order valence-electron chi connectivity index (χ2n) is 7.35. The van der Waals surface area contributed by atoms with E-state index in [4.69, 9.17) is 4.74 Å². The van der Waals surface area contributed by atoms with Gasteiger partial charge < -0.3 is 15.0 Å². The average molecular weight is 383 g/mol. The number of ether oxygens (including phenoxy) is 1. The van der Waals surface area contributed by atoms with E-state index in [0.717, 1.165) is 17.7 Å². The Hall–Kier alpha value is -1.76. The van der Waals surface area contributed by atoms with Crippen LogP contribution in [0.15, 0.2) is 29.2 Å². The van der Waals surface area contributed by atoms with Crippen molar-refractivity contribution in [3.8, 4) is 0 Å². The fourth-order valence-corrected chi connectivity index (χ4v) is 3.53. The van der Waals surface area contributed by atoms with Crippen molar-refractivity contribution >= 4 is 23.8 Å². The Labute approximate surface area is 158 Å². The van der Waals surface area contributed by atoms with E-state index in [2.05, 4.69) is 5.32 Å². The molecule has 0 aliphatic carbocycles. The molecule has 1 aromatic rings. The molecule has 0 bridgehead atoms. The van der Waals surface area contributed by atoms with Gasteiger partial charge in [-0.1, -0.05) is 0 Å². The van der Waals surface area contributed by atoms with Crippen LogP contribution >= 0.6 is 11.8 Å². The Morgan fingerprint density at radius 3 is 2.42 bits per heavy atom. The molecule has 1 N–H and O–H groups in total. The van der Waals surface area contributed by atoms with E-state index in [-0.39, 0.29) is 17.8 Å². The number of nitrogens with zero attached hydrogens (tertiary/aromatic N) is 1. The first-order chi connectivity index (χ1) is 12.2. The van der Waals surface area contributed by atoms with Gasteiger partial charge in [0.1, 0.15) is 11.4 Å². The molecule has 0 aromatic heterocycles. The number of amides is 2. The first-order valence-corrected chi connectivity index (χ1v) is 9.87. The molecule has 1 saturated heterocycles. The third-order valence-electron chi connectivity index (χ3n) is 3.97. The van der Waals surface area contributed by atoms with Gasteiger partial charge in [0.2, 0.25) is 5.91 Å². The molecule has 144 valence electrons. The van der Waals surface area contributed by atoms with Crippen molar-refractivity contribution in [2.75, 3.05) is 18.8 Å². The topological polar surface area (TPSA) is 58.6 Å². The van der Waals surface area contributed by atoms with Gasteiger partial charge in [-0.05, 0) is 57.9 Å². The lowest BCUT2D eigenvalue weighted by molar-refractivity contribution is -0.131. The Bertz CT molecular complexity index is 608. The number of nitrogens with one attached hydrogen (secondary N) is 1. The summed E-state index contributed by atoms with van der Waals surface area (Å²) in [4.78, 5) is 26.9. The predicted molar refractivity (Wildman–Crippen MR) is 101 cm³/mol. The van der Waals surface area contributed by atoms with Gasteiger partial charge in [-0.2, -0.15) is 0 Å². The lowest BCUT2D eigenvalue weighted by Crippen LogP contribution is -2.47. The molecular formula is C19H27FN2O3S. The van der Waals surface area contributed by atoms with E-state index in [9.17, 15) is 14.0 Å². The minimum Gasteiger partial charge on any atom is -0.444 e. The quantitative estimate of drug-likeness (QED) is 0.787. The summed E-state index contributed by atoms with van der Waals surface area (Å²) in [6, 6.07) is 6.33. The van der Waals surface area contributed by atoms with Crippen molar-refractivity contribution in [3.63, 3.8) is 0 Å². The molecule has 0 spiro atoms. The number of benzene rings is 1. The van der Waals surface area contributed by atoms with Crippen LogP contribution in [0.2, 0.25) is 0 Å². The molecule has 26 heavy (non-hydrogen) atoms. The number of hydrogen-bond acceptors (Lipinski definition) is 4. The predicted octanol–water partition coefficient (Wildman–Crippen LogP) is 3.82. The average Bonchev–Trinajstić information content (AvgIpc) is 2.55. The molecule has 7 heteroatoms. The highest BCUT2D eigenvalue weighted by Crippen LogP contribution is 2.20. The van der Waals surface area contributed by atoms with E-state index in [1.165, 1.54) is 12.1 Å². The summed E-state index contributed by atoms with van der Waals surface area (Å²) >= 11 is 1.55. The molecular weight excluding hydrogens is 355 g/mol. The third kappa shape index (κ3) is 7.23. The van der Waals surface area contributed by atoms with Crippen LogP contribution in [-0.4, -0.2) is 47.4 Å². The van der Waals surface area contributed by atoms with Gasteiger partial charge in [-0.25, -0.2) is 9.18 Å². The van der Waals surface area contributed by atoms with Crippen LogP contribution in [0.3, 0.4) is 0 Å². The number of piperidine rings is 1. The Morgan fingerprint density at radius 2 is 1.85 bits per heavy atom. The summed E-state index contributed by atoms with van der Waals surface area (Å²) < 4.78 is 18.1. The number of thioether (sulfide) groups is 1. The maximum Gasteiger partial charge on any atom is 0.407 e. The molecule has 0 saturated carbocycles. The van der Waals surface area contributed by atoms with Gasteiger partial charge in [0.15, 0.2) is 0 Å². The molecule has 0 radical (unpaired) electrons. The zero-order valence-corrected chi connectivity index (χ0v) is 16.4. The van der Waals surface area contributed by atoms with Crippen LogP contribution in [0.1, 0.15) is 40.0 Å². The normalized spacial score (nSPS) is 15.6. The van der Waals surface area contributed by atoms with Crippen molar-refractivity contribution in [2.24, 2.45) is 0 Å². The minimum absolute atomic E-state index is 0.0440. The molecule has 0 atom stereocenters. The first kappa shape index (κ1) is 20.6. The van der Waals surface area contributed by atoms with E-state index in [1.807, 2.05) is 25.7 Å². The Balaban J connectivity index is 1.66. The molecule has 1 fully saturated rings. The van der Waals surface area contributed by atoms with Crippen molar-refractivity contribution < 1.29 is 18.7 Å². The number of likely N-dealkylation sites (tertiary alicyclic amines) is 1. The largest absolute Gasteiger partial charge is 0.444 e. The van der Waals surface area contributed by atoms with Gasteiger partial charge in [0.05, 0.1) is 0 Å². The summed E-state index contributed by atoms with van der Waals surface area (Å²) in [7, 11) is 0. The van der Waals surface area contributed by atoms with Gasteiger partial charge in [-0.15, -0.1) is 11.8 Å². The number of carbonyl (C=O) groups excluding carboxylic acids is 2. The summed E-state index contributed by atoms with van der Waals surface area (Å²) in [6.45, 7) is 6.77. The first-order valence-electron chi connectivity index (χ1n) is 8.88. The lowest BCUT2D eigenvalue weighted by Gasteiger charge is -2.33. The molecule has 0 unspecified atom stereocenters. The van der Waals surface area contributed by atoms with Crippen molar-refractivity contribution in [1.29, 1.82) is 0 Å². The Kier molecular flexibility index (Phi) is 7.32. The lowest BCUT2D eigenvalue weighted by atomic mass is 10.1. The minimum atomic E-state index is -0.511. The van der Waals surface area contributed by atoms with Crippen LogP contribution in [-0.2, 0) is 9.53 Å². The Morgan fingerprint density at radius 1 is 1.23 bits per heavy atom. The van der Waals surface area contributed by atoms with Gasteiger partial charge in [0, 0.05) is 36.2 Å². The molecule has 2 rings (SSSR count). The van der Waals surface area contributed by atoms with E-state index >= 15 is 0 Å². The second kappa shape index (κ2) is 9.26. The summed E-state index contributed by atoms with van der Waals surface area (Å²) in [6.07, 6.45) is 1.51. The molecule has 2 amide bonds. The van der Waals surface area contributed by atoms with Crippen molar-refractivity contribution in [1.82, 2.24) is 10.2 Å². The summed E-state index contributed by atoms with van der Waals surface area (Å²) in [5, 5.41) is 2.87. The molecule has 1 aliphatic heterocycles. The van der Waals surface area contributed by atoms with Gasteiger partial charge >= 0.3 is 6.09 Å². The second-order valence-corrected chi connectivity index (χ2v) is 8.52. The number of carbonyl (C=O) groups is 2. The smallest absolute Gasteiger partial charge is 0.407 e. The molecule has 1 aromatic carbocycles. The summed E-state index contributed by atoms with van der Waals surface area (Å²) in [5.74, 6) is 0.532. The van der Waals surface area contributed by atoms with Crippen molar-refractivity contribution in [3.05, 3.63) is 30.1 Å². The molecule has 1 heterocycles. The zero-order valence-electron chi connectivity index (χ0n) is 15.6. The van der Waals surface area contributed by atoms with E-state index < -0.39 is 11.7 Å². The maximum atomic E-state index is 12.9. The number of halogens is 1. The monoisotopic (exact) mass is 382 g/mol. The summed E-state index contributed by atoms with van der Waals surface area (Å²) in [5.41, 5.74) is -0.511. The van der Waals surface area contributed by atoms with Crippen LogP contribution in [0.25, 0.3) is 0 Å². The van der Waals surface area contributed by atoms with E-state index in [1.54, 1.807) is 23.9 Å². The van der Waals surface area contributed by atoms with Crippen LogP contribution in [0, 0.1) is 5.82 Å². The highest BCUT2D eigenvalue weighted by Gasteiger charge is 2.25. The fraction of sp³-hybridized carbons (Fsp3) is 0.579. The van der Waals surface area contributed by atoms with E-state index in [0.29, 0.717) is 25.3 Å². The fourth-order valence-electron chi connectivity index (χ4n) is 2.69. The SMILES string of the molecule is CC(C)(C)OC(=O)NC1CCN(C(=O)CCSc2ccc(F)cc2)CC1. The number of hydrogen-bond donors (Lipinski definition) is 1.